The van der Waals surface area contributed by atoms with Crippen molar-refractivity contribution in [1.29, 1.82) is 0 Å². The molecule has 8 nitrogen and oxygen atoms in total. The van der Waals surface area contributed by atoms with Gasteiger partial charge in [0.05, 0.1) is 0 Å². The molecule has 1 atom stereocenters. The van der Waals surface area contributed by atoms with Crippen molar-refractivity contribution in [2.45, 2.75) is 45.6 Å². The van der Waals surface area contributed by atoms with Crippen LogP contribution in [-0.4, -0.2) is 72.2 Å². The number of hydrogen-bond donors (Lipinski definition) is 0. The number of rotatable bonds is 4. The zero-order valence-corrected chi connectivity index (χ0v) is 19.6. The van der Waals surface area contributed by atoms with Crippen molar-refractivity contribution in [3.05, 3.63) is 29.3 Å². The van der Waals surface area contributed by atoms with E-state index in [1.807, 2.05) is 4.90 Å². The fraction of sp³-hybridized carbons (Fsp3) is 0.565. The summed E-state index contributed by atoms with van der Waals surface area (Å²) in [4.78, 5) is 33.7. The van der Waals surface area contributed by atoms with Gasteiger partial charge in [0.25, 0.3) is 0 Å². The molecule has 2 aromatic rings. The quantitative estimate of drug-likeness (QED) is 0.707. The van der Waals surface area contributed by atoms with Crippen LogP contribution in [0.4, 0.5) is 16.0 Å². The van der Waals surface area contributed by atoms with Crippen LogP contribution in [0, 0.1) is 13.8 Å². The minimum Gasteiger partial charge on any atom is -0.368 e. The molecule has 1 unspecified atom stereocenters. The predicted molar refractivity (Wildman–Crippen MR) is 127 cm³/mol. The number of aromatic nitrogens is 2. The summed E-state index contributed by atoms with van der Waals surface area (Å²) in [6, 6.07) is 6.37. The number of carbonyl (C=O) groups excluding carboxylic acids is 2. The topological polar surface area (TPSA) is 72.9 Å². The summed E-state index contributed by atoms with van der Waals surface area (Å²) in [5, 5.41) is 10.0. The molecule has 3 aliphatic rings. The molecule has 0 bridgehead atoms. The molecule has 0 radical (unpaired) electrons. The van der Waals surface area contributed by atoms with Gasteiger partial charge in [0, 0.05) is 51.4 Å². The highest BCUT2D eigenvalue weighted by atomic mass is 32.1. The van der Waals surface area contributed by atoms with Crippen LogP contribution in [0.15, 0.2) is 18.2 Å². The van der Waals surface area contributed by atoms with E-state index in [9.17, 15) is 9.59 Å². The van der Waals surface area contributed by atoms with E-state index in [4.69, 9.17) is 0 Å². The fourth-order valence-corrected chi connectivity index (χ4v) is 5.94. The summed E-state index contributed by atoms with van der Waals surface area (Å²) < 4.78 is 0. The van der Waals surface area contributed by atoms with Crippen molar-refractivity contribution < 1.29 is 9.59 Å². The maximum Gasteiger partial charge on any atom is 0.245 e. The molecule has 2 amide bonds. The van der Waals surface area contributed by atoms with Crippen LogP contribution in [0.3, 0.4) is 0 Å². The van der Waals surface area contributed by atoms with Gasteiger partial charge in [-0.25, -0.2) is 0 Å². The van der Waals surface area contributed by atoms with Crippen molar-refractivity contribution in [3.63, 3.8) is 0 Å². The minimum atomic E-state index is -0.183. The highest BCUT2D eigenvalue weighted by molar-refractivity contribution is 7.19. The lowest BCUT2D eigenvalue weighted by Gasteiger charge is -2.38. The Kier molecular flexibility index (Phi) is 5.75. The standard InChI is InChI=1S/C23H30N6O2S/c1-16-7-8-17(2)19(15-16)26-11-13-27(14-12-26)21(31)18-5-3-9-28(18)22-24-25-23(32-22)29-10-4-6-20(29)30/h7-8,15,18H,3-6,9-14H2,1-2H3. The zero-order chi connectivity index (χ0) is 22.2. The first-order chi connectivity index (χ1) is 15.5. The summed E-state index contributed by atoms with van der Waals surface area (Å²) >= 11 is 1.43. The molecular weight excluding hydrogens is 424 g/mol. The highest BCUT2D eigenvalue weighted by Gasteiger charge is 2.37. The Morgan fingerprint density at radius 2 is 1.78 bits per heavy atom. The van der Waals surface area contributed by atoms with Crippen LogP contribution in [0.5, 0.6) is 0 Å². The molecule has 1 aromatic heterocycles. The molecule has 3 saturated heterocycles. The van der Waals surface area contributed by atoms with Gasteiger partial charge in [-0.3, -0.25) is 14.5 Å². The lowest BCUT2D eigenvalue weighted by molar-refractivity contribution is -0.132. The van der Waals surface area contributed by atoms with Crippen LogP contribution in [0.1, 0.15) is 36.8 Å². The Morgan fingerprint density at radius 1 is 1.00 bits per heavy atom. The van der Waals surface area contributed by atoms with Crippen LogP contribution in [-0.2, 0) is 9.59 Å². The van der Waals surface area contributed by atoms with Gasteiger partial charge in [0.1, 0.15) is 6.04 Å². The van der Waals surface area contributed by atoms with Gasteiger partial charge >= 0.3 is 0 Å². The van der Waals surface area contributed by atoms with Crippen molar-refractivity contribution in [2.24, 2.45) is 0 Å². The van der Waals surface area contributed by atoms with Crippen LogP contribution in [0.2, 0.25) is 0 Å². The second-order valence-electron chi connectivity index (χ2n) is 8.97. The van der Waals surface area contributed by atoms with Crippen molar-refractivity contribution in [3.8, 4) is 0 Å². The number of anilines is 3. The SMILES string of the molecule is Cc1ccc(C)c(N2CCN(C(=O)C3CCCN3c3nnc(N4CCCC4=O)s3)CC2)c1. The first-order valence-corrected chi connectivity index (χ1v) is 12.3. The van der Waals surface area contributed by atoms with E-state index in [1.165, 1.54) is 28.2 Å². The van der Waals surface area contributed by atoms with Gasteiger partial charge in [0.2, 0.25) is 22.1 Å². The normalized spacial score (nSPS) is 21.7. The Bertz CT molecular complexity index is 1020. The molecule has 0 aliphatic carbocycles. The first kappa shape index (κ1) is 21.2. The van der Waals surface area contributed by atoms with Crippen molar-refractivity contribution in [1.82, 2.24) is 15.1 Å². The largest absolute Gasteiger partial charge is 0.368 e. The first-order valence-electron chi connectivity index (χ1n) is 11.5. The van der Waals surface area contributed by atoms with Gasteiger partial charge < -0.3 is 14.7 Å². The number of aryl methyl sites for hydroxylation is 2. The number of nitrogens with zero attached hydrogens (tertiary/aromatic N) is 6. The van der Waals surface area contributed by atoms with E-state index in [1.54, 1.807) is 4.90 Å². The lowest BCUT2D eigenvalue weighted by atomic mass is 10.1. The summed E-state index contributed by atoms with van der Waals surface area (Å²) in [7, 11) is 0. The minimum absolute atomic E-state index is 0.114. The average Bonchev–Trinajstić information content (AvgIpc) is 3.55. The molecule has 4 heterocycles. The van der Waals surface area contributed by atoms with Crippen LogP contribution < -0.4 is 14.7 Å². The maximum absolute atomic E-state index is 13.4. The number of piperazine rings is 1. The smallest absolute Gasteiger partial charge is 0.245 e. The Labute approximate surface area is 192 Å². The lowest BCUT2D eigenvalue weighted by Crippen LogP contribution is -2.54. The molecule has 0 saturated carbocycles. The second kappa shape index (κ2) is 8.69. The van der Waals surface area contributed by atoms with Gasteiger partial charge in [-0.15, -0.1) is 10.2 Å². The highest BCUT2D eigenvalue weighted by Crippen LogP contribution is 2.34. The van der Waals surface area contributed by atoms with Gasteiger partial charge in [-0.1, -0.05) is 23.5 Å². The third-order valence-electron chi connectivity index (χ3n) is 6.79. The van der Waals surface area contributed by atoms with Crippen molar-refractivity contribution in [2.75, 3.05) is 54.0 Å². The fourth-order valence-electron chi connectivity index (χ4n) is 4.97. The summed E-state index contributed by atoms with van der Waals surface area (Å²) in [6.07, 6.45) is 3.25. The van der Waals surface area contributed by atoms with E-state index in [0.717, 1.165) is 57.1 Å². The van der Waals surface area contributed by atoms with E-state index in [2.05, 4.69) is 52.0 Å². The maximum atomic E-state index is 13.4. The van der Waals surface area contributed by atoms with E-state index < -0.39 is 0 Å². The van der Waals surface area contributed by atoms with Crippen LogP contribution >= 0.6 is 11.3 Å². The van der Waals surface area contributed by atoms with E-state index in [-0.39, 0.29) is 17.9 Å². The Balaban J connectivity index is 1.24. The third kappa shape index (κ3) is 3.94. The molecule has 9 heteroatoms. The molecule has 1 aromatic carbocycles. The molecule has 5 rings (SSSR count). The Hall–Kier alpha value is -2.68. The molecule has 170 valence electrons. The zero-order valence-electron chi connectivity index (χ0n) is 18.8. The van der Waals surface area contributed by atoms with E-state index in [0.29, 0.717) is 18.1 Å². The average molecular weight is 455 g/mol. The van der Waals surface area contributed by atoms with Gasteiger partial charge in [-0.05, 0) is 50.3 Å². The molecule has 0 spiro atoms. The summed E-state index contributed by atoms with van der Waals surface area (Å²) in [5.41, 5.74) is 3.82. The summed E-state index contributed by atoms with van der Waals surface area (Å²) in [5.74, 6) is 0.306. The number of amides is 2. The molecular formula is C23H30N6O2S. The van der Waals surface area contributed by atoms with Crippen LogP contribution in [0.25, 0.3) is 0 Å². The molecule has 3 fully saturated rings. The molecule has 3 aliphatic heterocycles. The number of hydrogen-bond acceptors (Lipinski definition) is 7. The summed E-state index contributed by atoms with van der Waals surface area (Å²) in [6.45, 7) is 8.96. The predicted octanol–water partition coefficient (Wildman–Crippen LogP) is 2.60. The van der Waals surface area contributed by atoms with Gasteiger partial charge in [-0.2, -0.15) is 0 Å². The third-order valence-corrected chi connectivity index (χ3v) is 7.77. The Morgan fingerprint density at radius 3 is 2.53 bits per heavy atom. The van der Waals surface area contributed by atoms with Crippen molar-refractivity contribution >= 4 is 39.1 Å². The van der Waals surface area contributed by atoms with E-state index >= 15 is 0 Å². The monoisotopic (exact) mass is 454 g/mol. The molecule has 32 heavy (non-hydrogen) atoms. The number of carbonyl (C=O) groups is 2. The molecule has 0 N–H and O–H groups in total. The second-order valence-corrected chi connectivity index (χ2v) is 9.90. The number of benzene rings is 1. The van der Waals surface area contributed by atoms with Gasteiger partial charge in [0.15, 0.2) is 0 Å².